The quantitative estimate of drug-likeness (QED) is 0.184. The topological polar surface area (TPSA) is 80.5 Å². The molecule has 1 unspecified atom stereocenters. The van der Waals surface area contributed by atoms with Crippen LogP contribution in [-0.4, -0.2) is 57.3 Å². The van der Waals surface area contributed by atoms with Crippen LogP contribution in [-0.2, 0) is 13.0 Å². The van der Waals surface area contributed by atoms with Crippen LogP contribution in [0.3, 0.4) is 0 Å². The van der Waals surface area contributed by atoms with E-state index >= 15 is 0 Å². The van der Waals surface area contributed by atoms with Crippen LogP contribution in [0.1, 0.15) is 62.8 Å². The summed E-state index contributed by atoms with van der Waals surface area (Å²) in [4.78, 5) is 20.7. The van der Waals surface area contributed by atoms with Crippen molar-refractivity contribution in [2.45, 2.75) is 52.7 Å². The van der Waals surface area contributed by atoms with E-state index in [-0.39, 0.29) is 5.78 Å². The predicted molar refractivity (Wildman–Crippen MR) is 174 cm³/mol. The van der Waals surface area contributed by atoms with Gasteiger partial charge in [0.05, 0.1) is 19.3 Å². The van der Waals surface area contributed by atoms with Gasteiger partial charge < -0.3 is 14.7 Å². The maximum absolute atomic E-state index is 13.2. The van der Waals surface area contributed by atoms with Crippen molar-refractivity contribution in [2.24, 2.45) is 0 Å². The molecule has 5 aromatic rings. The van der Waals surface area contributed by atoms with E-state index in [1.165, 1.54) is 12.8 Å². The molecule has 1 saturated heterocycles. The number of hydrogen-bond donors (Lipinski definition) is 1. The number of hydrogen-bond acceptors (Lipinski definition) is 6. The first-order valence-electron chi connectivity index (χ1n) is 15.4. The van der Waals surface area contributed by atoms with E-state index in [1.807, 2.05) is 73.1 Å². The summed E-state index contributed by atoms with van der Waals surface area (Å²) in [5.74, 6) is 0.900. The van der Waals surface area contributed by atoms with Crippen molar-refractivity contribution in [3.8, 4) is 17.0 Å². The van der Waals surface area contributed by atoms with E-state index in [0.29, 0.717) is 25.2 Å². The SMILES string of the molecule is COc1ccc(Cn2nc(C(O)CN3CCCC3)c3ccc(-c4cc(CC(=O)c5cc(C)cc(C)c5)ccc4C)nc32)cc1. The standard InChI is InChI=1S/C37H40N4O3/c1-24-17-25(2)19-29(18-24)34(42)21-28-8-7-26(3)32(20-28)33-14-13-31-36(35(43)23-40-15-5-6-16-40)39-41(37(31)38-33)22-27-9-11-30(44-4)12-10-27/h7-14,17-20,35,43H,5-6,15-16,21-23H2,1-4H3. The lowest BCUT2D eigenvalue weighted by atomic mass is 9.96. The number of aryl methyl sites for hydroxylation is 3. The Hall–Kier alpha value is -4.33. The third-order valence-electron chi connectivity index (χ3n) is 8.55. The summed E-state index contributed by atoms with van der Waals surface area (Å²) in [6.07, 6.45) is 1.94. The number of ketones is 1. The number of aliphatic hydroxyl groups is 1. The summed E-state index contributed by atoms with van der Waals surface area (Å²) in [6, 6.07) is 24.1. The highest BCUT2D eigenvalue weighted by atomic mass is 16.5. The molecule has 1 fully saturated rings. The first-order valence-corrected chi connectivity index (χ1v) is 15.4. The van der Waals surface area contributed by atoms with E-state index in [1.54, 1.807) is 7.11 Å². The minimum Gasteiger partial charge on any atom is -0.497 e. The smallest absolute Gasteiger partial charge is 0.167 e. The number of nitrogens with zero attached hydrogens (tertiary/aromatic N) is 4. The molecule has 0 radical (unpaired) electrons. The number of fused-ring (bicyclic) bond motifs is 1. The molecule has 0 saturated carbocycles. The molecule has 0 aliphatic carbocycles. The van der Waals surface area contributed by atoms with Crippen LogP contribution in [0.25, 0.3) is 22.3 Å². The zero-order valence-corrected chi connectivity index (χ0v) is 26.0. The van der Waals surface area contributed by atoms with Gasteiger partial charge in [0, 0.05) is 29.5 Å². The number of rotatable bonds is 10. The third kappa shape index (κ3) is 6.44. The summed E-state index contributed by atoms with van der Waals surface area (Å²) in [5, 5.41) is 17.1. The number of carbonyl (C=O) groups excluding carboxylic acids is 1. The fraction of sp³-hybridized carbons (Fsp3) is 0.324. The Bertz CT molecular complexity index is 1780. The van der Waals surface area contributed by atoms with Gasteiger partial charge in [-0.15, -0.1) is 0 Å². The molecule has 1 atom stereocenters. The van der Waals surface area contributed by atoms with Gasteiger partial charge in [0.25, 0.3) is 0 Å². The predicted octanol–water partition coefficient (Wildman–Crippen LogP) is 6.64. The largest absolute Gasteiger partial charge is 0.497 e. The van der Waals surface area contributed by atoms with Gasteiger partial charge >= 0.3 is 0 Å². The molecule has 7 heteroatoms. The number of carbonyl (C=O) groups is 1. The Morgan fingerprint density at radius 3 is 2.32 bits per heavy atom. The van der Waals surface area contributed by atoms with Crippen molar-refractivity contribution >= 4 is 16.8 Å². The highest BCUT2D eigenvalue weighted by molar-refractivity contribution is 5.98. The van der Waals surface area contributed by atoms with E-state index in [4.69, 9.17) is 14.8 Å². The second-order valence-electron chi connectivity index (χ2n) is 12.1. The van der Waals surface area contributed by atoms with E-state index < -0.39 is 6.10 Å². The van der Waals surface area contributed by atoms with Crippen molar-refractivity contribution in [3.05, 3.63) is 112 Å². The summed E-state index contributed by atoms with van der Waals surface area (Å²) in [5.41, 5.74) is 9.19. The van der Waals surface area contributed by atoms with Crippen molar-refractivity contribution in [2.75, 3.05) is 26.7 Å². The van der Waals surface area contributed by atoms with Gasteiger partial charge in [-0.2, -0.15) is 5.10 Å². The molecule has 226 valence electrons. The summed E-state index contributed by atoms with van der Waals surface area (Å²) in [7, 11) is 1.66. The fourth-order valence-electron chi connectivity index (χ4n) is 6.26. The highest BCUT2D eigenvalue weighted by Crippen LogP contribution is 2.30. The molecule has 1 N–H and O–H groups in total. The number of pyridine rings is 1. The van der Waals surface area contributed by atoms with Crippen LogP contribution in [0.4, 0.5) is 0 Å². The molecule has 7 nitrogen and oxygen atoms in total. The van der Waals surface area contributed by atoms with Crippen LogP contribution in [0.15, 0.2) is 72.8 Å². The molecule has 44 heavy (non-hydrogen) atoms. The second-order valence-corrected chi connectivity index (χ2v) is 12.1. The van der Waals surface area contributed by atoms with Crippen LogP contribution in [0, 0.1) is 20.8 Å². The Balaban J connectivity index is 1.35. The maximum atomic E-state index is 13.2. The first kappa shape index (κ1) is 29.7. The second kappa shape index (κ2) is 12.7. The molecule has 2 aromatic heterocycles. The molecule has 0 spiro atoms. The van der Waals surface area contributed by atoms with Crippen molar-refractivity contribution < 1.29 is 14.6 Å². The van der Waals surface area contributed by atoms with E-state index in [0.717, 1.165) is 74.5 Å². The molecule has 1 aliphatic rings. The monoisotopic (exact) mass is 588 g/mol. The number of aliphatic hydroxyl groups excluding tert-OH is 1. The lowest BCUT2D eigenvalue weighted by molar-refractivity contribution is 0.0992. The van der Waals surface area contributed by atoms with Crippen molar-refractivity contribution in [3.63, 3.8) is 0 Å². The summed E-state index contributed by atoms with van der Waals surface area (Å²) >= 11 is 0. The van der Waals surface area contributed by atoms with Gasteiger partial charge in [-0.1, -0.05) is 41.5 Å². The number of Topliss-reactive ketones (excluding diaryl/α,β-unsaturated/α-hetero) is 1. The number of likely N-dealkylation sites (tertiary alicyclic amines) is 1. The normalized spacial score (nSPS) is 14.3. The van der Waals surface area contributed by atoms with Crippen LogP contribution >= 0.6 is 0 Å². The highest BCUT2D eigenvalue weighted by Gasteiger charge is 2.24. The number of methoxy groups -OCH3 is 1. The van der Waals surface area contributed by atoms with Crippen molar-refractivity contribution in [1.29, 1.82) is 0 Å². The number of ether oxygens (including phenoxy) is 1. The maximum Gasteiger partial charge on any atom is 0.167 e. The number of aromatic nitrogens is 3. The molecule has 0 bridgehead atoms. The van der Waals surface area contributed by atoms with Crippen LogP contribution in [0.5, 0.6) is 5.75 Å². The Morgan fingerprint density at radius 1 is 0.909 bits per heavy atom. The van der Waals surface area contributed by atoms with Crippen LogP contribution in [0.2, 0.25) is 0 Å². The molecule has 6 rings (SSSR count). The lowest BCUT2D eigenvalue weighted by Gasteiger charge is -2.18. The lowest BCUT2D eigenvalue weighted by Crippen LogP contribution is -2.25. The van der Waals surface area contributed by atoms with Gasteiger partial charge in [0.2, 0.25) is 0 Å². The third-order valence-corrected chi connectivity index (χ3v) is 8.55. The van der Waals surface area contributed by atoms with Crippen LogP contribution < -0.4 is 4.74 Å². The van der Waals surface area contributed by atoms with Gasteiger partial charge in [-0.05, 0) is 106 Å². The van der Waals surface area contributed by atoms with Gasteiger partial charge in [-0.3, -0.25) is 4.79 Å². The van der Waals surface area contributed by atoms with Crippen molar-refractivity contribution in [1.82, 2.24) is 19.7 Å². The molecule has 3 aromatic carbocycles. The average molecular weight is 589 g/mol. The van der Waals surface area contributed by atoms with E-state index in [9.17, 15) is 9.90 Å². The Kier molecular flexibility index (Phi) is 8.60. The number of β-amino-alcohol motifs (C(OH)–C–C–N with tert-alkyl or cyclic N) is 1. The zero-order chi connectivity index (χ0) is 30.8. The average Bonchev–Trinajstić information content (AvgIpc) is 3.65. The summed E-state index contributed by atoms with van der Waals surface area (Å²) in [6.45, 7) is 9.19. The minimum atomic E-state index is -0.707. The van der Waals surface area contributed by atoms with E-state index in [2.05, 4.69) is 30.0 Å². The fourth-order valence-corrected chi connectivity index (χ4v) is 6.26. The van der Waals surface area contributed by atoms with Gasteiger partial charge in [0.15, 0.2) is 11.4 Å². The zero-order valence-electron chi connectivity index (χ0n) is 26.0. The van der Waals surface area contributed by atoms with Gasteiger partial charge in [-0.25, -0.2) is 9.67 Å². The number of benzene rings is 3. The van der Waals surface area contributed by atoms with Gasteiger partial charge in [0.1, 0.15) is 17.5 Å². The molecular weight excluding hydrogens is 548 g/mol. The molecule has 0 amide bonds. The minimum absolute atomic E-state index is 0.101. The summed E-state index contributed by atoms with van der Waals surface area (Å²) < 4.78 is 7.23. The Morgan fingerprint density at radius 2 is 1.61 bits per heavy atom. The molecule has 3 heterocycles. The molecular formula is C37H40N4O3. The first-order chi connectivity index (χ1) is 21.3. The Labute approximate surface area is 259 Å². The molecule has 1 aliphatic heterocycles.